The molecule has 3 aromatic rings. The van der Waals surface area contributed by atoms with E-state index in [-0.39, 0.29) is 18.2 Å². The van der Waals surface area contributed by atoms with Gasteiger partial charge < -0.3 is 14.8 Å². The van der Waals surface area contributed by atoms with Gasteiger partial charge in [0, 0.05) is 18.4 Å². The van der Waals surface area contributed by atoms with Crippen molar-refractivity contribution in [3.05, 3.63) is 40.2 Å². The maximum Gasteiger partial charge on any atom is 0.312 e. The third-order valence-electron chi connectivity index (χ3n) is 3.77. The first-order valence-corrected chi connectivity index (χ1v) is 8.29. The van der Waals surface area contributed by atoms with Gasteiger partial charge in [0.15, 0.2) is 0 Å². The highest BCUT2D eigenvalue weighted by molar-refractivity contribution is 7.08. The number of fused-ring (bicyclic) bond motifs is 1. The molecule has 0 radical (unpaired) electrons. The van der Waals surface area contributed by atoms with Crippen molar-refractivity contribution in [1.82, 2.24) is 20.2 Å². The summed E-state index contributed by atoms with van der Waals surface area (Å²) in [6, 6.07) is 0.305. The molecule has 4 rings (SSSR count). The van der Waals surface area contributed by atoms with Crippen LogP contribution in [0.5, 0.6) is 0 Å². The Morgan fingerprint density at radius 1 is 1.25 bits per heavy atom. The Labute approximate surface area is 140 Å². The number of hydrogen-bond acceptors (Lipinski definition) is 8. The van der Waals surface area contributed by atoms with E-state index in [2.05, 4.69) is 36.2 Å². The molecule has 8 nitrogen and oxygen atoms in total. The van der Waals surface area contributed by atoms with Crippen LogP contribution in [0.25, 0.3) is 11.5 Å². The number of nitrogens with zero attached hydrogens (tertiary/aromatic N) is 4. The van der Waals surface area contributed by atoms with Crippen molar-refractivity contribution in [2.45, 2.75) is 25.3 Å². The smallest absolute Gasteiger partial charge is 0.312 e. The highest BCUT2D eigenvalue weighted by Gasteiger charge is 2.22. The highest BCUT2D eigenvalue weighted by Crippen LogP contribution is 2.27. The summed E-state index contributed by atoms with van der Waals surface area (Å²) in [4.78, 5) is 19.2. The standard InChI is InChI=1S/C15H13N5O3S/c21-13(22)3-12-19-20-14(23-12)10-4-16-15(17-5-10)18-11-1-8-6-24-7-9(8)2-11/h4-7,11H,1-3H2,(H,21,22)(H,16,17,18). The van der Waals surface area contributed by atoms with Crippen LogP contribution in [0.1, 0.15) is 17.0 Å². The van der Waals surface area contributed by atoms with E-state index in [1.165, 1.54) is 11.1 Å². The number of carboxylic acids is 1. The van der Waals surface area contributed by atoms with E-state index in [1.54, 1.807) is 23.7 Å². The number of nitrogens with one attached hydrogen (secondary N) is 1. The Bertz CT molecular complexity index is 853. The molecule has 0 fully saturated rings. The summed E-state index contributed by atoms with van der Waals surface area (Å²) < 4.78 is 5.28. The fourth-order valence-corrected chi connectivity index (χ4v) is 3.57. The van der Waals surface area contributed by atoms with Crippen molar-refractivity contribution in [3.63, 3.8) is 0 Å². The number of carboxylic acid groups (broad SMARTS) is 1. The first kappa shape index (κ1) is 14.8. The van der Waals surface area contributed by atoms with Crippen LogP contribution in [0.4, 0.5) is 5.95 Å². The van der Waals surface area contributed by atoms with E-state index in [0.29, 0.717) is 17.6 Å². The normalized spacial score (nSPS) is 13.8. The quantitative estimate of drug-likeness (QED) is 0.721. The van der Waals surface area contributed by atoms with Crippen LogP contribution in [0.2, 0.25) is 0 Å². The second kappa shape index (κ2) is 6.00. The minimum Gasteiger partial charge on any atom is -0.481 e. The van der Waals surface area contributed by atoms with Crippen molar-refractivity contribution in [3.8, 4) is 11.5 Å². The van der Waals surface area contributed by atoms with Gasteiger partial charge in [0.1, 0.15) is 6.42 Å². The third kappa shape index (κ3) is 2.98. The molecule has 0 bridgehead atoms. The molecule has 3 heterocycles. The highest BCUT2D eigenvalue weighted by atomic mass is 32.1. The van der Waals surface area contributed by atoms with Crippen LogP contribution in [0, 0.1) is 0 Å². The van der Waals surface area contributed by atoms with Gasteiger partial charge in [-0.1, -0.05) is 0 Å². The molecule has 0 saturated heterocycles. The number of anilines is 1. The first-order chi connectivity index (χ1) is 11.7. The molecule has 0 amide bonds. The molecule has 9 heteroatoms. The van der Waals surface area contributed by atoms with Gasteiger partial charge in [-0.2, -0.15) is 11.3 Å². The molecule has 0 atom stereocenters. The van der Waals surface area contributed by atoms with Crippen LogP contribution in [-0.2, 0) is 24.1 Å². The molecule has 0 aromatic carbocycles. The lowest BCUT2D eigenvalue weighted by molar-refractivity contribution is -0.136. The zero-order valence-electron chi connectivity index (χ0n) is 12.5. The molecule has 0 spiro atoms. The van der Waals surface area contributed by atoms with Crippen LogP contribution in [-0.4, -0.2) is 37.3 Å². The molecular formula is C15H13N5O3S. The van der Waals surface area contributed by atoms with Gasteiger partial charge in [-0.3, -0.25) is 4.79 Å². The van der Waals surface area contributed by atoms with E-state index >= 15 is 0 Å². The van der Waals surface area contributed by atoms with Crippen molar-refractivity contribution < 1.29 is 14.3 Å². The number of aromatic nitrogens is 4. The number of hydrogen-bond donors (Lipinski definition) is 2. The van der Waals surface area contributed by atoms with Gasteiger partial charge in [-0.05, 0) is 34.7 Å². The molecule has 1 aliphatic rings. The zero-order valence-corrected chi connectivity index (χ0v) is 13.3. The molecule has 0 aliphatic heterocycles. The predicted molar refractivity (Wildman–Crippen MR) is 85.8 cm³/mol. The Hall–Kier alpha value is -2.81. The zero-order chi connectivity index (χ0) is 16.5. The van der Waals surface area contributed by atoms with Gasteiger partial charge in [0.05, 0.1) is 5.56 Å². The predicted octanol–water partition coefficient (Wildman–Crippen LogP) is 1.79. The van der Waals surface area contributed by atoms with E-state index in [0.717, 1.165) is 12.8 Å². The SMILES string of the molecule is O=C(O)Cc1nnc(-c2cnc(NC3Cc4cscc4C3)nc2)o1. The van der Waals surface area contributed by atoms with E-state index in [9.17, 15) is 4.79 Å². The molecule has 1 aliphatic carbocycles. The van der Waals surface area contributed by atoms with E-state index in [4.69, 9.17) is 9.52 Å². The molecule has 122 valence electrons. The Kier molecular flexibility index (Phi) is 3.69. The Balaban J connectivity index is 1.42. The van der Waals surface area contributed by atoms with Gasteiger partial charge in [-0.25, -0.2) is 9.97 Å². The Morgan fingerprint density at radius 2 is 1.96 bits per heavy atom. The summed E-state index contributed by atoms with van der Waals surface area (Å²) in [7, 11) is 0. The molecule has 0 saturated carbocycles. The lowest BCUT2D eigenvalue weighted by atomic mass is 10.2. The minimum absolute atomic E-state index is 0.0524. The average Bonchev–Trinajstić information content (AvgIpc) is 3.23. The third-order valence-corrected chi connectivity index (χ3v) is 4.61. The average molecular weight is 343 g/mol. The molecule has 0 unspecified atom stereocenters. The molecular weight excluding hydrogens is 330 g/mol. The maximum absolute atomic E-state index is 10.6. The molecule has 2 N–H and O–H groups in total. The number of thiophene rings is 1. The topological polar surface area (TPSA) is 114 Å². The van der Waals surface area contributed by atoms with Crippen LogP contribution in [0.15, 0.2) is 27.6 Å². The van der Waals surface area contributed by atoms with Gasteiger partial charge in [0.2, 0.25) is 11.8 Å². The summed E-state index contributed by atoms with van der Waals surface area (Å²) in [5.41, 5.74) is 3.34. The lowest BCUT2D eigenvalue weighted by Gasteiger charge is -2.11. The lowest BCUT2D eigenvalue weighted by Crippen LogP contribution is -2.21. The Morgan fingerprint density at radius 3 is 2.62 bits per heavy atom. The van der Waals surface area contributed by atoms with E-state index in [1.807, 2.05) is 0 Å². The van der Waals surface area contributed by atoms with Crippen molar-refractivity contribution >= 4 is 23.3 Å². The minimum atomic E-state index is -1.02. The van der Waals surface area contributed by atoms with Crippen molar-refractivity contribution in [1.29, 1.82) is 0 Å². The van der Waals surface area contributed by atoms with E-state index < -0.39 is 5.97 Å². The summed E-state index contributed by atoms with van der Waals surface area (Å²) in [5, 5.41) is 23.9. The summed E-state index contributed by atoms with van der Waals surface area (Å²) >= 11 is 1.74. The van der Waals surface area contributed by atoms with Gasteiger partial charge >= 0.3 is 5.97 Å². The van der Waals surface area contributed by atoms with Crippen LogP contribution in [0.3, 0.4) is 0 Å². The van der Waals surface area contributed by atoms with Crippen LogP contribution >= 0.6 is 11.3 Å². The number of aliphatic carboxylic acids is 1. The number of carbonyl (C=O) groups is 1. The fourth-order valence-electron chi connectivity index (χ4n) is 2.68. The second-order valence-electron chi connectivity index (χ2n) is 5.54. The van der Waals surface area contributed by atoms with Gasteiger partial charge in [-0.15, -0.1) is 10.2 Å². The number of rotatable bonds is 5. The second-order valence-corrected chi connectivity index (χ2v) is 6.28. The van der Waals surface area contributed by atoms with Gasteiger partial charge in [0.25, 0.3) is 5.89 Å². The maximum atomic E-state index is 10.6. The molecule has 24 heavy (non-hydrogen) atoms. The molecule has 3 aromatic heterocycles. The summed E-state index contributed by atoms with van der Waals surface area (Å²) in [6.07, 6.45) is 4.81. The van der Waals surface area contributed by atoms with Crippen molar-refractivity contribution in [2.75, 3.05) is 5.32 Å². The summed E-state index contributed by atoms with van der Waals surface area (Å²) in [6.45, 7) is 0. The van der Waals surface area contributed by atoms with Crippen LogP contribution < -0.4 is 5.32 Å². The van der Waals surface area contributed by atoms with Crippen molar-refractivity contribution in [2.24, 2.45) is 0 Å². The largest absolute Gasteiger partial charge is 0.481 e. The fraction of sp³-hybridized carbons (Fsp3) is 0.267. The first-order valence-electron chi connectivity index (χ1n) is 7.34. The monoisotopic (exact) mass is 343 g/mol. The summed E-state index contributed by atoms with van der Waals surface area (Å²) in [5.74, 6) is -0.217.